The van der Waals surface area contributed by atoms with Gasteiger partial charge in [-0.15, -0.1) is 0 Å². The Morgan fingerprint density at radius 3 is 2.62 bits per heavy atom. The molecule has 0 spiro atoms. The second kappa shape index (κ2) is 7.35. The Labute approximate surface area is 150 Å². The molecule has 1 N–H and O–H groups in total. The van der Waals surface area contributed by atoms with Crippen LogP contribution in [0.5, 0.6) is 0 Å². The van der Waals surface area contributed by atoms with E-state index in [1.807, 2.05) is 48.9 Å². The highest BCUT2D eigenvalue weighted by atomic mass is 19.1. The molecule has 0 atom stereocenters. The zero-order chi connectivity index (χ0) is 18.7. The lowest BCUT2D eigenvalue weighted by molar-refractivity contribution is -0.384. The number of nitrogens with zero attached hydrogens (tertiary/aromatic N) is 3. The van der Waals surface area contributed by atoms with Crippen LogP contribution in [0.3, 0.4) is 0 Å². The van der Waals surface area contributed by atoms with Crippen LogP contribution >= 0.6 is 0 Å². The molecule has 6 nitrogen and oxygen atoms in total. The molecule has 134 valence electrons. The average molecular weight is 354 g/mol. The third kappa shape index (κ3) is 3.72. The molecule has 0 unspecified atom stereocenters. The summed E-state index contributed by atoms with van der Waals surface area (Å²) in [6, 6.07) is 13.4. The second-order valence-electron chi connectivity index (χ2n) is 6.06. The Balaban J connectivity index is 1.81. The predicted molar refractivity (Wildman–Crippen MR) is 97.6 cm³/mol. The van der Waals surface area contributed by atoms with Crippen molar-refractivity contribution in [2.24, 2.45) is 0 Å². The molecule has 0 aliphatic carbocycles. The van der Waals surface area contributed by atoms with Gasteiger partial charge in [-0.25, -0.2) is 4.39 Å². The minimum absolute atomic E-state index is 0.154. The molecule has 0 saturated heterocycles. The Bertz CT molecular complexity index is 938. The Hall–Kier alpha value is -3.22. The summed E-state index contributed by atoms with van der Waals surface area (Å²) in [6.07, 6.45) is 0. The summed E-state index contributed by atoms with van der Waals surface area (Å²) in [5.74, 6) is -0.522. The van der Waals surface area contributed by atoms with E-state index in [9.17, 15) is 14.5 Å². The van der Waals surface area contributed by atoms with Gasteiger partial charge in [0.2, 0.25) is 0 Å². The minimum Gasteiger partial charge on any atom is -0.375 e. The summed E-state index contributed by atoms with van der Waals surface area (Å²) in [6.45, 7) is 4.83. The summed E-state index contributed by atoms with van der Waals surface area (Å²) in [7, 11) is 0. The van der Waals surface area contributed by atoms with Gasteiger partial charge in [0.15, 0.2) is 0 Å². The maximum Gasteiger partial charge on any atom is 0.292 e. The maximum atomic E-state index is 13.5. The van der Waals surface area contributed by atoms with Gasteiger partial charge in [0, 0.05) is 29.9 Å². The SMILES string of the molecule is Cc1nn(Cc2ccccc2)c(C)c1CNc1cc(F)ccc1[N+](=O)[O-]. The standard InChI is InChI=1S/C19H19FN4O2/c1-13-17(11-21-18-10-16(20)8-9-19(18)24(25)26)14(2)23(22-13)12-15-6-4-3-5-7-15/h3-10,21H,11-12H2,1-2H3. The third-order valence-corrected chi connectivity index (χ3v) is 4.32. The zero-order valence-electron chi connectivity index (χ0n) is 14.6. The van der Waals surface area contributed by atoms with Crippen LogP contribution in [0.1, 0.15) is 22.5 Å². The normalized spacial score (nSPS) is 10.7. The van der Waals surface area contributed by atoms with Gasteiger partial charge in [-0.2, -0.15) is 5.10 Å². The summed E-state index contributed by atoms with van der Waals surface area (Å²) in [4.78, 5) is 10.6. The molecule has 0 aliphatic rings. The molecule has 26 heavy (non-hydrogen) atoms. The fourth-order valence-corrected chi connectivity index (χ4v) is 2.89. The minimum atomic E-state index is -0.527. The summed E-state index contributed by atoms with van der Waals surface area (Å²) in [5, 5.41) is 18.6. The van der Waals surface area contributed by atoms with Gasteiger partial charge in [-0.1, -0.05) is 30.3 Å². The van der Waals surface area contributed by atoms with Crippen LogP contribution in [-0.2, 0) is 13.1 Å². The van der Waals surface area contributed by atoms with Gasteiger partial charge in [-0.05, 0) is 25.5 Å². The van der Waals surface area contributed by atoms with Crippen molar-refractivity contribution >= 4 is 11.4 Å². The quantitative estimate of drug-likeness (QED) is 0.532. The molecule has 1 aromatic heterocycles. The predicted octanol–water partition coefficient (Wildman–Crippen LogP) is 4.21. The zero-order valence-corrected chi connectivity index (χ0v) is 14.6. The Kier molecular flexibility index (Phi) is 4.97. The molecule has 1 heterocycles. The van der Waals surface area contributed by atoms with Crippen molar-refractivity contribution in [3.05, 3.63) is 87.0 Å². The molecule has 0 aliphatic heterocycles. The van der Waals surface area contributed by atoms with E-state index in [1.54, 1.807) is 0 Å². The monoisotopic (exact) mass is 354 g/mol. The molecule has 3 rings (SSSR count). The Morgan fingerprint density at radius 2 is 1.92 bits per heavy atom. The lowest BCUT2D eigenvalue weighted by Crippen LogP contribution is -2.06. The fourth-order valence-electron chi connectivity index (χ4n) is 2.89. The van der Waals surface area contributed by atoms with E-state index in [1.165, 1.54) is 0 Å². The molecule has 0 saturated carbocycles. The topological polar surface area (TPSA) is 73.0 Å². The third-order valence-electron chi connectivity index (χ3n) is 4.32. The van der Waals surface area contributed by atoms with Crippen LogP contribution < -0.4 is 5.32 Å². The van der Waals surface area contributed by atoms with Crippen molar-refractivity contribution < 1.29 is 9.31 Å². The highest BCUT2D eigenvalue weighted by Gasteiger charge is 2.16. The van der Waals surface area contributed by atoms with E-state index >= 15 is 0 Å². The molecular formula is C19H19FN4O2. The number of aromatic nitrogens is 2. The number of benzene rings is 2. The fraction of sp³-hybridized carbons (Fsp3) is 0.211. The van der Waals surface area contributed by atoms with Crippen LogP contribution in [0.25, 0.3) is 0 Å². The number of rotatable bonds is 6. The van der Waals surface area contributed by atoms with Crippen molar-refractivity contribution in [3.63, 3.8) is 0 Å². The number of anilines is 1. The van der Waals surface area contributed by atoms with E-state index in [0.29, 0.717) is 13.1 Å². The molecule has 0 bridgehead atoms. The smallest absolute Gasteiger partial charge is 0.292 e. The highest BCUT2D eigenvalue weighted by molar-refractivity contribution is 5.61. The van der Waals surface area contributed by atoms with Crippen LogP contribution in [-0.4, -0.2) is 14.7 Å². The summed E-state index contributed by atoms with van der Waals surface area (Å²) >= 11 is 0. The molecular weight excluding hydrogens is 335 g/mol. The first kappa shape index (κ1) is 17.6. The van der Waals surface area contributed by atoms with E-state index in [4.69, 9.17) is 0 Å². The lowest BCUT2D eigenvalue weighted by Gasteiger charge is -2.09. The van der Waals surface area contributed by atoms with Crippen molar-refractivity contribution in [2.45, 2.75) is 26.9 Å². The largest absolute Gasteiger partial charge is 0.375 e. The van der Waals surface area contributed by atoms with Gasteiger partial charge in [-0.3, -0.25) is 14.8 Å². The van der Waals surface area contributed by atoms with Gasteiger partial charge < -0.3 is 5.32 Å². The van der Waals surface area contributed by atoms with Gasteiger partial charge in [0.05, 0.1) is 17.2 Å². The van der Waals surface area contributed by atoms with Gasteiger partial charge in [0.1, 0.15) is 11.5 Å². The number of nitro groups is 1. The van der Waals surface area contributed by atoms with Crippen LogP contribution in [0, 0.1) is 29.8 Å². The number of nitrogens with one attached hydrogen (secondary N) is 1. The van der Waals surface area contributed by atoms with Crippen LogP contribution in [0.15, 0.2) is 48.5 Å². The first-order valence-electron chi connectivity index (χ1n) is 8.20. The molecule has 3 aromatic rings. The number of nitro benzene ring substituents is 1. The Morgan fingerprint density at radius 1 is 1.19 bits per heavy atom. The van der Waals surface area contributed by atoms with Crippen molar-refractivity contribution in [1.82, 2.24) is 9.78 Å². The number of halogens is 1. The van der Waals surface area contributed by atoms with Crippen LogP contribution in [0.2, 0.25) is 0 Å². The van der Waals surface area contributed by atoms with Crippen LogP contribution in [0.4, 0.5) is 15.8 Å². The molecule has 0 fully saturated rings. The summed E-state index contributed by atoms with van der Waals surface area (Å²) < 4.78 is 15.4. The van der Waals surface area contributed by atoms with E-state index in [2.05, 4.69) is 10.4 Å². The van der Waals surface area contributed by atoms with Crippen molar-refractivity contribution in [1.29, 1.82) is 0 Å². The average Bonchev–Trinajstić information content (AvgIpc) is 2.87. The number of aryl methyl sites for hydroxylation is 1. The first-order chi connectivity index (χ1) is 12.5. The molecule has 0 amide bonds. The number of hydrogen-bond acceptors (Lipinski definition) is 4. The maximum absolute atomic E-state index is 13.5. The van der Waals surface area contributed by atoms with Crippen molar-refractivity contribution in [3.8, 4) is 0 Å². The number of hydrogen-bond donors (Lipinski definition) is 1. The van der Waals surface area contributed by atoms with Crippen molar-refractivity contribution in [2.75, 3.05) is 5.32 Å². The van der Waals surface area contributed by atoms with Gasteiger partial charge >= 0.3 is 0 Å². The highest BCUT2D eigenvalue weighted by Crippen LogP contribution is 2.26. The van der Waals surface area contributed by atoms with E-state index in [-0.39, 0.29) is 11.4 Å². The van der Waals surface area contributed by atoms with E-state index < -0.39 is 10.7 Å². The molecule has 7 heteroatoms. The molecule has 0 radical (unpaired) electrons. The van der Waals surface area contributed by atoms with E-state index in [0.717, 1.165) is 40.7 Å². The molecule has 2 aromatic carbocycles. The summed E-state index contributed by atoms with van der Waals surface area (Å²) in [5.41, 5.74) is 3.89. The van der Waals surface area contributed by atoms with Gasteiger partial charge in [0.25, 0.3) is 5.69 Å². The lowest BCUT2D eigenvalue weighted by atomic mass is 10.1. The second-order valence-corrected chi connectivity index (χ2v) is 6.06. The first-order valence-corrected chi connectivity index (χ1v) is 8.20.